The molecule has 0 aliphatic carbocycles. The molecule has 2 aromatic carbocycles. The van der Waals surface area contributed by atoms with Gasteiger partial charge in [-0.15, -0.1) is 16.5 Å². The van der Waals surface area contributed by atoms with E-state index in [1.807, 2.05) is 29.6 Å². The van der Waals surface area contributed by atoms with E-state index in [9.17, 15) is 9.59 Å². The number of hydrogen-bond donors (Lipinski definition) is 2. The molecule has 0 saturated carbocycles. The van der Waals surface area contributed by atoms with Gasteiger partial charge in [-0.1, -0.05) is 34.1 Å². The molecule has 0 atom stereocenters. The first kappa shape index (κ1) is 19.9. The zero-order valence-corrected chi connectivity index (χ0v) is 17.9. The Labute approximate surface area is 182 Å². The van der Waals surface area contributed by atoms with Crippen molar-refractivity contribution in [3.63, 3.8) is 0 Å². The Morgan fingerprint density at radius 2 is 1.97 bits per heavy atom. The first-order valence-corrected chi connectivity index (χ1v) is 10.4. The fraction of sp³-hybridized carbons (Fsp3) is 0.0500. The summed E-state index contributed by atoms with van der Waals surface area (Å²) in [5.41, 5.74) is 2.41. The summed E-state index contributed by atoms with van der Waals surface area (Å²) >= 11 is 4.73. The molecular formula is C20H14BrN5O3S. The Hall–Kier alpha value is -3.37. The lowest BCUT2D eigenvalue weighted by Gasteiger charge is -1.97. The molecule has 0 radical (unpaired) electrons. The predicted octanol–water partition coefficient (Wildman–Crippen LogP) is 5.47. The van der Waals surface area contributed by atoms with Crippen LogP contribution in [0.25, 0.3) is 16.4 Å². The van der Waals surface area contributed by atoms with Crippen molar-refractivity contribution >= 4 is 44.6 Å². The normalized spacial score (nSPS) is 11.3. The summed E-state index contributed by atoms with van der Waals surface area (Å²) < 4.78 is 2.30. The van der Waals surface area contributed by atoms with Crippen LogP contribution in [0.4, 0.5) is 11.4 Å². The molecule has 0 unspecified atom stereocenters. The summed E-state index contributed by atoms with van der Waals surface area (Å²) in [6.45, 7) is 1.71. The number of hydrogen-bond acceptors (Lipinski definition) is 6. The number of halogens is 1. The van der Waals surface area contributed by atoms with Gasteiger partial charge in [-0.2, -0.15) is 9.80 Å². The van der Waals surface area contributed by atoms with Gasteiger partial charge in [0, 0.05) is 15.4 Å². The highest BCUT2D eigenvalue weighted by atomic mass is 79.9. The maximum Gasteiger partial charge on any atom is 0.335 e. The summed E-state index contributed by atoms with van der Waals surface area (Å²) in [4.78, 5) is 28.4. The van der Waals surface area contributed by atoms with Crippen molar-refractivity contribution in [1.29, 1.82) is 0 Å². The van der Waals surface area contributed by atoms with E-state index in [2.05, 4.69) is 36.2 Å². The van der Waals surface area contributed by atoms with Gasteiger partial charge in [0.25, 0.3) is 0 Å². The number of aromatic amines is 1. The standard InChI is InChI=1S/C20H14BrN5O3S/c1-11-17(24-23-15-4-2-3-13(9-15)19(28)29)18(27)26(25-11)20-22-16(10-30-20)12-5-7-14(21)8-6-12/h2-10,25H,1H3,(H,28,29). The van der Waals surface area contributed by atoms with Crippen molar-refractivity contribution in [2.75, 3.05) is 0 Å². The number of carbonyl (C=O) groups is 1. The number of aromatic nitrogens is 3. The molecule has 0 fully saturated rings. The van der Waals surface area contributed by atoms with Crippen LogP contribution in [0.1, 0.15) is 16.1 Å². The smallest absolute Gasteiger partial charge is 0.335 e. The molecule has 0 aliphatic heterocycles. The highest BCUT2D eigenvalue weighted by Gasteiger charge is 2.15. The average Bonchev–Trinajstić information content (AvgIpc) is 3.32. The monoisotopic (exact) mass is 483 g/mol. The van der Waals surface area contributed by atoms with E-state index in [0.29, 0.717) is 16.5 Å². The molecule has 0 aliphatic rings. The van der Waals surface area contributed by atoms with Crippen LogP contribution < -0.4 is 5.56 Å². The number of benzene rings is 2. The fourth-order valence-corrected chi connectivity index (χ4v) is 3.77. The van der Waals surface area contributed by atoms with Crippen molar-refractivity contribution in [3.8, 4) is 16.4 Å². The van der Waals surface area contributed by atoms with Crippen molar-refractivity contribution in [2.24, 2.45) is 10.2 Å². The molecule has 2 aromatic heterocycles. The molecule has 2 heterocycles. The number of nitrogens with one attached hydrogen (secondary N) is 1. The zero-order chi connectivity index (χ0) is 21.3. The van der Waals surface area contributed by atoms with E-state index in [4.69, 9.17) is 5.11 Å². The third-order valence-electron chi connectivity index (χ3n) is 4.22. The highest BCUT2D eigenvalue weighted by Crippen LogP contribution is 2.26. The van der Waals surface area contributed by atoms with Crippen molar-refractivity contribution in [1.82, 2.24) is 14.8 Å². The Kier molecular flexibility index (Phi) is 5.42. The third kappa shape index (κ3) is 4.00. The summed E-state index contributed by atoms with van der Waals surface area (Å²) in [6, 6.07) is 13.8. The van der Waals surface area contributed by atoms with Crippen molar-refractivity contribution in [2.45, 2.75) is 6.92 Å². The first-order chi connectivity index (χ1) is 14.4. The summed E-state index contributed by atoms with van der Waals surface area (Å²) in [5.74, 6) is -1.06. The predicted molar refractivity (Wildman–Crippen MR) is 118 cm³/mol. The number of nitrogens with zero attached hydrogens (tertiary/aromatic N) is 4. The van der Waals surface area contributed by atoms with Gasteiger partial charge in [-0.05, 0) is 37.3 Å². The molecule has 2 N–H and O–H groups in total. The lowest BCUT2D eigenvalue weighted by molar-refractivity contribution is 0.0697. The van der Waals surface area contributed by atoms with Crippen LogP contribution in [-0.4, -0.2) is 25.8 Å². The van der Waals surface area contributed by atoms with E-state index < -0.39 is 5.97 Å². The van der Waals surface area contributed by atoms with Crippen LogP contribution in [0.15, 0.2) is 73.4 Å². The number of H-pyrrole nitrogens is 1. The van der Waals surface area contributed by atoms with Gasteiger partial charge in [-0.25, -0.2) is 9.78 Å². The molecule has 4 rings (SSSR count). The molecule has 4 aromatic rings. The molecule has 0 spiro atoms. The second-order valence-corrected chi connectivity index (χ2v) is 8.06. The largest absolute Gasteiger partial charge is 0.478 e. The SMILES string of the molecule is Cc1[nH]n(-c2nc(-c3ccc(Br)cc3)cs2)c(=O)c1N=Nc1cccc(C(=O)O)c1. The highest BCUT2D eigenvalue weighted by molar-refractivity contribution is 9.10. The van der Waals surface area contributed by atoms with Crippen LogP contribution >= 0.6 is 27.3 Å². The molecule has 150 valence electrons. The van der Waals surface area contributed by atoms with Crippen LogP contribution in [0.2, 0.25) is 0 Å². The minimum absolute atomic E-state index is 0.0953. The number of thiazole rings is 1. The second kappa shape index (κ2) is 8.17. The second-order valence-electron chi connectivity index (χ2n) is 6.30. The first-order valence-electron chi connectivity index (χ1n) is 8.71. The zero-order valence-electron chi connectivity index (χ0n) is 15.5. The molecule has 8 nitrogen and oxygen atoms in total. The Bertz CT molecular complexity index is 1320. The lowest BCUT2D eigenvalue weighted by Crippen LogP contribution is -2.13. The number of aryl methyl sites for hydroxylation is 1. The van der Waals surface area contributed by atoms with Crippen LogP contribution in [0.3, 0.4) is 0 Å². The number of rotatable bonds is 5. The maximum atomic E-state index is 12.8. The van der Waals surface area contributed by atoms with Gasteiger partial charge in [0.15, 0.2) is 5.69 Å². The number of carboxylic acid groups (broad SMARTS) is 1. The Morgan fingerprint density at radius 1 is 1.20 bits per heavy atom. The van der Waals surface area contributed by atoms with Gasteiger partial charge in [0.1, 0.15) is 0 Å². The number of azo groups is 1. The number of carboxylic acids is 1. The lowest BCUT2D eigenvalue weighted by atomic mass is 10.2. The van der Waals surface area contributed by atoms with Gasteiger partial charge in [-0.3, -0.25) is 9.89 Å². The van der Waals surface area contributed by atoms with Crippen LogP contribution in [-0.2, 0) is 0 Å². The minimum atomic E-state index is -1.06. The quantitative estimate of drug-likeness (QED) is 0.366. The topological polar surface area (TPSA) is 113 Å². The minimum Gasteiger partial charge on any atom is -0.478 e. The maximum absolute atomic E-state index is 12.8. The van der Waals surface area contributed by atoms with Crippen molar-refractivity contribution in [3.05, 3.63) is 80.0 Å². The average molecular weight is 484 g/mol. The Morgan fingerprint density at radius 3 is 2.70 bits per heavy atom. The van der Waals surface area contributed by atoms with Crippen LogP contribution in [0.5, 0.6) is 0 Å². The Balaban J connectivity index is 1.64. The van der Waals surface area contributed by atoms with Gasteiger partial charge < -0.3 is 5.11 Å². The summed E-state index contributed by atoms with van der Waals surface area (Å²) in [5, 5.41) is 22.4. The van der Waals surface area contributed by atoms with Crippen LogP contribution in [0, 0.1) is 6.92 Å². The molecular weight excluding hydrogens is 470 g/mol. The summed E-state index contributed by atoms with van der Waals surface area (Å²) in [7, 11) is 0. The summed E-state index contributed by atoms with van der Waals surface area (Å²) in [6.07, 6.45) is 0. The van der Waals surface area contributed by atoms with Gasteiger partial charge in [0.05, 0.1) is 22.6 Å². The van der Waals surface area contributed by atoms with E-state index in [0.717, 1.165) is 15.7 Å². The molecule has 0 saturated heterocycles. The number of aromatic carboxylic acids is 1. The van der Waals surface area contributed by atoms with Gasteiger partial charge in [0.2, 0.25) is 5.13 Å². The third-order valence-corrected chi connectivity index (χ3v) is 5.58. The molecule has 10 heteroatoms. The van der Waals surface area contributed by atoms with E-state index in [1.165, 1.54) is 28.2 Å². The van der Waals surface area contributed by atoms with E-state index in [-0.39, 0.29) is 16.8 Å². The van der Waals surface area contributed by atoms with Crippen molar-refractivity contribution < 1.29 is 9.90 Å². The molecule has 30 heavy (non-hydrogen) atoms. The fourth-order valence-electron chi connectivity index (χ4n) is 2.72. The van der Waals surface area contributed by atoms with E-state index in [1.54, 1.807) is 19.1 Å². The molecule has 0 bridgehead atoms. The molecule has 0 amide bonds. The van der Waals surface area contributed by atoms with E-state index >= 15 is 0 Å². The van der Waals surface area contributed by atoms with Gasteiger partial charge >= 0.3 is 11.5 Å².